The van der Waals surface area contributed by atoms with E-state index in [2.05, 4.69) is 26.0 Å². The molecule has 10 nitrogen and oxygen atoms in total. The number of carbonyl (C=O) groups excluding carboxylic acids is 1. The fraction of sp³-hybridized carbons (Fsp3) is 0.200. The molecular formula is C20H17BrN4O6. The number of nitrogens with zero attached hydrogens (tertiary/aromatic N) is 4. The SMILES string of the molecule is CCOc1cc(C=Nn2c(C)nc3ccc(Br)cc3c2=O)cc([N+](=O)[O-])c1OC(C)=O. The Morgan fingerprint density at radius 1 is 1.35 bits per heavy atom. The minimum absolute atomic E-state index is 0.0120. The van der Waals surface area contributed by atoms with Crippen LogP contribution in [0.5, 0.6) is 11.5 Å². The number of nitro benzene ring substituents is 1. The molecule has 31 heavy (non-hydrogen) atoms. The normalized spacial score (nSPS) is 11.1. The lowest BCUT2D eigenvalue weighted by atomic mass is 10.2. The van der Waals surface area contributed by atoms with Crippen LogP contribution in [0.3, 0.4) is 0 Å². The van der Waals surface area contributed by atoms with Gasteiger partial charge in [-0.2, -0.15) is 9.78 Å². The molecule has 0 unspecified atom stereocenters. The van der Waals surface area contributed by atoms with Crippen molar-refractivity contribution in [3.05, 3.63) is 66.7 Å². The molecule has 0 aliphatic rings. The molecule has 2 aromatic carbocycles. The van der Waals surface area contributed by atoms with Crippen molar-refractivity contribution in [2.24, 2.45) is 5.10 Å². The van der Waals surface area contributed by atoms with Crippen molar-refractivity contribution in [3.63, 3.8) is 0 Å². The molecule has 160 valence electrons. The number of esters is 1. The van der Waals surface area contributed by atoms with Gasteiger partial charge in [0.15, 0.2) is 5.75 Å². The Balaban J connectivity index is 2.13. The van der Waals surface area contributed by atoms with Crippen molar-refractivity contribution >= 4 is 44.7 Å². The van der Waals surface area contributed by atoms with Crippen molar-refractivity contribution in [1.82, 2.24) is 9.66 Å². The summed E-state index contributed by atoms with van der Waals surface area (Å²) in [6.07, 6.45) is 1.27. The van der Waals surface area contributed by atoms with Gasteiger partial charge >= 0.3 is 11.7 Å². The summed E-state index contributed by atoms with van der Waals surface area (Å²) in [5.41, 5.74) is -0.0628. The van der Waals surface area contributed by atoms with Crippen LogP contribution in [0.4, 0.5) is 5.69 Å². The van der Waals surface area contributed by atoms with Gasteiger partial charge in [0.05, 0.1) is 28.6 Å². The Bertz CT molecular complexity index is 1280. The van der Waals surface area contributed by atoms with Crippen LogP contribution in [0.15, 0.2) is 44.7 Å². The molecule has 1 heterocycles. The molecule has 0 saturated carbocycles. The first-order valence-electron chi connectivity index (χ1n) is 9.08. The van der Waals surface area contributed by atoms with Gasteiger partial charge in [-0.15, -0.1) is 0 Å². The van der Waals surface area contributed by atoms with Gasteiger partial charge in [-0.05, 0) is 38.1 Å². The van der Waals surface area contributed by atoms with Crippen LogP contribution in [0, 0.1) is 17.0 Å². The van der Waals surface area contributed by atoms with Gasteiger partial charge in [0.2, 0.25) is 5.75 Å². The van der Waals surface area contributed by atoms with E-state index in [9.17, 15) is 19.7 Å². The van der Waals surface area contributed by atoms with Crippen molar-refractivity contribution < 1.29 is 19.2 Å². The van der Waals surface area contributed by atoms with Gasteiger partial charge in [-0.1, -0.05) is 15.9 Å². The number of benzene rings is 2. The van der Waals surface area contributed by atoms with E-state index in [0.29, 0.717) is 16.7 Å². The fourth-order valence-corrected chi connectivity index (χ4v) is 3.21. The maximum Gasteiger partial charge on any atom is 0.316 e. The molecule has 0 saturated heterocycles. The van der Waals surface area contributed by atoms with Gasteiger partial charge in [0.1, 0.15) is 5.82 Å². The standard InChI is InChI=1S/C20H17BrN4O6/c1-4-30-18-8-13(7-17(25(28)29)19(18)31-12(3)26)10-22-24-11(2)23-16-6-5-14(21)9-15(16)20(24)27/h5-10H,4H2,1-3H3. The molecule has 0 radical (unpaired) electrons. The van der Waals surface area contributed by atoms with E-state index in [1.807, 2.05) is 0 Å². The molecule has 1 aromatic heterocycles. The summed E-state index contributed by atoms with van der Waals surface area (Å²) >= 11 is 3.33. The molecule has 3 rings (SSSR count). The van der Waals surface area contributed by atoms with Crippen LogP contribution < -0.4 is 15.0 Å². The minimum atomic E-state index is -0.721. The third-order valence-corrected chi connectivity index (χ3v) is 4.59. The lowest BCUT2D eigenvalue weighted by molar-refractivity contribution is -0.385. The number of fused-ring (bicyclic) bond motifs is 1. The zero-order chi connectivity index (χ0) is 22.7. The lowest BCUT2D eigenvalue weighted by Crippen LogP contribution is -2.20. The van der Waals surface area contributed by atoms with Crippen LogP contribution in [-0.2, 0) is 4.79 Å². The Labute approximate surface area is 184 Å². The second-order valence-electron chi connectivity index (χ2n) is 6.33. The maximum atomic E-state index is 12.8. The number of aryl methyl sites for hydroxylation is 1. The summed E-state index contributed by atoms with van der Waals surface area (Å²) < 4.78 is 12.2. The number of hydrogen-bond donors (Lipinski definition) is 0. The molecule has 3 aromatic rings. The van der Waals surface area contributed by atoms with E-state index in [-0.39, 0.29) is 23.7 Å². The van der Waals surface area contributed by atoms with E-state index in [4.69, 9.17) is 9.47 Å². The first kappa shape index (κ1) is 22.1. The highest BCUT2D eigenvalue weighted by molar-refractivity contribution is 9.10. The second-order valence-corrected chi connectivity index (χ2v) is 7.25. The smallest absolute Gasteiger partial charge is 0.316 e. The Kier molecular flexibility index (Phi) is 6.44. The quantitative estimate of drug-likeness (QED) is 0.170. The highest BCUT2D eigenvalue weighted by Crippen LogP contribution is 2.38. The third-order valence-electron chi connectivity index (χ3n) is 4.09. The monoisotopic (exact) mass is 488 g/mol. The summed E-state index contributed by atoms with van der Waals surface area (Å²) in [5, 5.41) is 16.0. The number of hydrogen-bond acceptors (Lipinski definition) is 8. The maximum absolute atomic E-state index is 12.8. The van der Waals surface area contributed by atoms with Crippen LogP contribution in [0.2, 0.25) is 0 Å². The molecule has 0 amide bonds. The number of carbonyl (C=O) groups is 1. The number of halogens is 1. The average molecular weight is 489 g/mol. The van der Waals surface area contributed by atoms with Crippen LogP contribution >= 0.6 is 15.9 Å². The molecule has 0 fully saturated rings. The van der Waals surface area contributed by atoms with E-state index in [1.54, 1.807) is 32.0 Å². The fourth-order valence-electron chi connectivity index (χ4n) is 2.85. The zero-order valence-electron chi connectivity index (χ0n) is 16.8. The predicted molar refractivity (Wildman–Crippen MR) is 117 cm³/mol. The first-order valence-corrected chi connectivity index (χ1v) is 9.87. The third kappa shape index (κ3) is 4.77. The predicted octanol–water partition coefficient (Wildman–Crippen LogP) is 3.58. The van der Waals surface area contributed by atoms with Crippen LogP contribution in [-0.4, -0.2) is 33.4 Å². The van der Waals surface area contributed by atoms with Crippen molar-refractivity contribution in [3.8, 4) is 11.5 Å². The van der Waals surface area contributed by atoms with Crippen LogP contribution in [0.25, 0.3) is 10.9 Å². The summed E-state index contributed by atoms with van der Waals surface area (Å²) in [5.74, 6) is -0.659. The molecule has 0 bridgehead atoms. The summed E-state index contributed by atoms with van der Waals surface area (Å²) in [6.45, 7) is 4.63. The van der Waals surface area contributed by atoms with E-state index < -0.39 is 22.1 Å². The Morgan fingerprint density at radius 2 is 2.10 bits per heavy atom. The number of ether oxygens (including phenoxy) is 2. The summed E-state index contributed by atoms with van der Waals surface area (Å²) in [4.78, 5) is 39.4. The highest BCUT2D eigenvalue weighted by atomic mass is 79.9. The van der Waals surface area contributed by atoms with E-state index >= 15 is 0 Å². The average Bonchev–Trinajstić information content (AvgIpc) is 2.69. The molecule has 0 N–H and O–H groups in total. The van der Waals surface area contributed by atoms with Gasteiger partial charge in [-0.3, -0.25) is 19.7 Å². The van der Waals surface area contributed by atoms with Crippen molar-refractivity contribution in [2.75, 3.05) is 6.61 Å². The van der Waals surface area contributed by atoms with Gasteiger partial charge in [-0.25, -0.2) is 4.98 Å². The topological polar surface area (TPSA) is 126 Å². The Hall–Kier alpha value is -3.60. The molecule has 0 spiro atoms. The van der Waals surface area contributed by atoms with E-state index in [1.165, 1.54) is 18.3 Å². The van der Waals surface area contributed by atoms with Crippen molar-refractivity contribution in [2.45, 2.75) is 20.8 Å². The highest BCUT2D eigenvalue weighted by Gasteiger charge is 2.24. The molecule has 0 atom stereocenters. The summed E-state index contributed by atoms with van der Waals surface area (Å²) in [6, 6.07) is 7.75. The van der Waals surface area contributed by atoms with Crippen molar-refractivity contribution in [1.29, 1.82) is 0 Å². The molecule has 0 aliphatic carbocycles. The van der Waals surface area contributed by atoms with Gasteiger partial charge in [0, 0.05) is 23.0 Å². The van der Waals surface area contributed by atoms with Gasteiger partial charge in [0.25, 0.3) is 5.56 Å². The second kappa shape index (κ2) is 9.04. The Morgan fingerprint density at radius 3 is 2.74 bits per heavy atom. The largest absolute Gasteiger partial charge is 0.490 e. The molecule has 11 heteroatoms. The minimum Gasteiger partial charge on any atom is -0.490 e. The lowest BCUT2D eigenvalue weighted by Gasteiger charge is -2.11. The number of aromatic nitrogens is 2. The number of rotatable bonds is 6. The molecular weight excluding hydrogens is 472 g/mol. The summed E-state index contributed by atoms with van der Waals surface area (Å²) in [7, 11) is 0. The first-order chi connectivity index (χ1) is 14.7. The van der Waals surface area contributed by atoms with Crippen LogP contribution in [0.1, 0.15) is 25.2 Å². The number of nitro groups is 1. The van der Waals surface area contributed by atoms with Gasteiger partial charge < -0.3 is 9.47 Å². The molecule has 0 aliphatic heterocycles. The zero-order valence-corrected chi connectivity index (χ0v) is 18.4. The van der Waals surface area contributed by atoms with E-state index in [0.717, 1.165) is 16.1 Å².